The second-order valence-electron chi connectivity index (χ2n) is 4.91. The molecule has 5 heteroatoms. The van der Waals surface area contributed by atoms with E-state index in [1.54, 1.807) is 7.11 Å². The summed E-state index contributed by atoms with van der Waals surface area (Å²) in [5.41, 5.74) is 3.74. The topological polar surface area (TPSA) is 27.7 Å². The molecule has 0 bridgehead atoms. The Morgan fingerprint density at radius 1 is 1.20 bits per heavy atom. The molecule has 0 N–H and O–H groups in total. The Labute approximate surface area is 138 Å². The second-order valence-corrected chi connectivity index (χ2v) is 7.16. The van der Waals surface area contributed by atoms with Gasteiger partial charge in [-0.25, -0.2) is 0 Å². The Morgan fingerprint density at radius 3 is 2.60 bits per heavy atom. The molecule has 0 aromatic heterocycles. The zero-order valence-corrected chi connectivity index (χ0v) is 15.4. The van der Waals surface area contributed by atoms with Gasteiger partial charge in [0.15, 0.2) is 6.79 Å². The van der Waals surface area contributed by atoms with Crippen LogP contribution in [0.4, 0.5) is 0 Å². The molecular weight excluding hydrogens is 387 g/mol. The summed E-state index contributed by atoms with van der Waals surface area (Å²) in [5, 5.41) is 0. The first kappa shape index (κ1) is 16.2. The second kappa shape index (κ2) is 7.22. The van der Waals surface area contributed by atoms with Crippen LogP contribution in [0.15, 0.2) is 4.90 Å². The van der Waals surface area contributed by atoms with Crippen molar-refractivity contribution in [3.05, 3.63) is 16.7 Å². The number of hydrogen-bond acceptors (Lipinski definition) is 4. The third-order valence-corrected chi connectivity index (χ3v) is 5.61. The molecule has 0 spiro atoms. The highest BCUT2D eigenvalue weighted by molar-refractivity contribution is 14.1. The van der Waals surface area contributed by atoms with Crippen molar-refractivity contribution in [2.24, 2.45) is 0 Å². The molecule has 1 aromatic rings. The minimum atomic E-state index is 0.245. The summed E-state index contributed by atoms with van der Waals surface area (Å²) in [6.45, 7) is 6.57. The molecule has 2 rings (SSSR count). The van der Waals surface area contributed by atoms with Gasteiger partial charge in [0.1, 0.15) is 16.9 Å². The minimum Gasteiger partial charge on any atom is -0.478 e. The molecule has 0 aliphatic carbocycles. The van der Waals surface area contributed by atoms with Crippen LogP contribution in [0, 0.1) is 20.8 Å². The number of hydrogen-bond donors (Lipinski definition) is 0. The lowest BCUT2D eigenvalue weighted by atomic mass is 10.0. The predicted octanol–water partition coefficient (Wildman–Crippen LogP) is 4.62. The maximum atomic E-state index is 6.13. The molecule has 3 nitrogen and oxygen atoms in total. The highest BCUT2D eigenvalue weighted by atomic mass is 127. The van der Waals surface area contributed by atoms with Gasteiger partial charge in [-0.2, -0.15) is 0 Å². The average Bonchev–Trinajstić information content (AvgIpc) is 2.87. The molecule has 0 fully saturated rings. The Balaban J connectivity index is 2.29. The van der Waals surface area contributed by atoms with Crippen LogP contribution in [0.25, 0.3) is 0 Å². The third-order valence-electron chi connectivity index (χ3n) is 3.52. The number of alkyl halides is 1. The van der Waals surface area contributed by atoms with E-state index in [1.807, 2.05) is 11.8 Å². The van der Waals surface area contributed by atoms with Gasteiger partial charge < -0.3 is 14.2 Å². The lowest BCUT2D eigenvalue weighted by molar-refractivity contribution is 0.0498. The molecule has 1 aliphatic rings. The van der Waals surface area contributed by atoms with Crippen LogP contribution in [-0.4, -0.2) is 23.8 Å². The fourth-order valence-electron chi connectivity index (χ4n) is 2.33. The van der Waals surface area contributed by atoms with Gasteiger partial charge >= 0.3 is 0 Å². The molecular formula is C15H21IO3S. The summed E-state index contributed by atoms with van der Waals surface area (Å²) in [7, 11) is 1.64. The molecule has 1 aliphatic heterocycles. The van der Waals surface area contributed by atoms with Crippen LogP contribution >= 0.6 is 34.4 Å². The Hall–Kier alpha value is -0.140. The molecule has 0 radical (unpaired) electrons. The van der Waals surface area contributed by atoms with Gasteiger partial charge in [-0.1, -0.05) is 34.4 Å². The van der Waals surface area contributed by atoms with Crippen LogP contribution in [0.2, 0.25) is 0 Å². The van der Waals surface area contributed by atoms with Crippen LogP contribution in [0.5, 0.6) is 11.5 Å². The Bertz CT molecular complexity index is 491. The number of fused-ring (bicyclic) bond motifs is 1. The zero-order chi connectivity index (χ0) is 14.7. The maximum absolute atomic E-state index is 6.13. The molecule has 1 heterocycles. The van der Waals surface area contributed by atoms with Crippen molar-refractivity contribution >= 4 is 34.4 Å². The largest absolute Gasteiger partial charge is 0.478 e. The number of ether oxygens (including phenoxy) is 3. The number of halogens is 1. The molecule has 0 amide bonds. The molecule has 1 unspecified atom stereocenters. The molecule has 112 valence electrons. The van der Waals surface area contributed by atoms with E-state index in [-0.39, 0.29) is 12.2 Å². The van der Waals surface area contributed by atoms with Crippen LogP contribution < -0.4 is 9.47 Å². The van der Waals surface area contributed by atoms with Gasteiger partial charge in [0.05, 0.1) is 4.90 Å². The van der Waals surface area contributed by atoms with Crippen molar-refractivity contribution < 1.29 is 14.2 Å². The van der Waals surface area contributed by atoms with Crippen molar-refractivity contribution in [1.29, 1.82) is 0 Å². The normalized spacial score (nSPS) is 16.9. The fraction of sp³-hybridized carbons (Fsp3) is 0.600. The van der Waals surface area contributed by atoms with Crippen molar-refractivity contribution in [1.82, 2.24) is 0 Å². The molecule has 1 atom stereocenters. The smallest absolute Gasteiger partial charge is 0.188 e. The summed E-state index contributed by atoms with van der Waals surface area (Å²) in [6.07, 6.45) is 2.28. The van der Waals surface area contributed by atoms with Gasteiger partial charge in [-0.05, 0) is 49.2 Å². The Kier molecular flexibility index (Phi) is 5.86. The number of rotatable bonds is 6. The Morgan fingerprint density at radius 2 is 1.95 bits per heavy atom. The van der Waals surface area contributed by atoms with Crippen molar-refractivity contribution in [2.75, 3.05) is 18.3 Å². The van der Waals surface area contributed by atoms with Gasteiger partial charge in [0.25, 0.3) is 0 Å². The van der Waals surface area contributed by atoms with Crippen LogP contribution in [0.1, 0.15) is 29.5 Å². The van der Waals surface area contributed by atoms with Crippen LogP contribution in [-0.2, 0) is 4.74 Å². The first-order valence-electron chi connectivity index (χ1n) is 6.74. The van der Waals surface area contributed by atoms with E-state index < -0.39 is 0 Å². The van der Waals surface area contributed by atoms with E-state index >= 15 is 0 Å². The molecule has 1 aromatic carbocycles. The SMILES string of the molecule is COCOc1c(C)c(C)c2c(c1C)SC(CCCI)O2. The fourth-order valence-corrected chi connectivity index (χ4v) is 4.04. The first-order valence-corrected chi connectivity index (χ1v) is 9.15. The van der Waals surface area contributed by atoms with E-state index in [4.69, 9.17) is 14.2 Å². The molecule has 20 heavy (non-hydrogen) atoms. The first-order chi connectivity index (χ1) is 9.60. The highest BCUT2D eigenvalue weighted by Crippen LogP contribution is 2.50. The van der Waals surface area contributed by atoms with E-state index in [1.165, 1.54) is 26.9 Å². The van der Waals surface area contributed by atoms with Gasteiger partial charge in [-0.15, -0.1) is 0 Å². The highest BCUT2D eigenvalue weighted by Gasteiger charge is 2.30. The van der Waals surface area contributed by atoms with E-state index in [0.717, 1.165) is 23.5 Å². The average molecular weight is 408 g/mol. The summed E-state index contributed by atoms with van der Waals surface area (Å²) in [6, 6.07) is 0. The van der Waals surface area contributed by atoms with Crippen molar-refractivity contribution in [2.45, 2.75) is 43.9 Å². The van der Waals surface area contributed by atoms with Crippen molar-refractivity contribution in [3.63, 3.8) is 0 Å². The zero-order valence-electron chi connectivity index (χ0n) is 12.4. The quantitative estimate of drug-likeness (QED) is 0.390. The number of benzene rings is 1. The number of thioether (sulfide) groups is 1. The van der Waals surface area contributed by atoms with Crippen molar-refractivity contribution in [3.8, 4) is 11.5 Å². The van der Waals surface area contributed by atoms with Gasteiger partial charge in [0, 0.05) is 12.7 Å². The van der Waals surface area contributed by atoms with Gasteiger partial charge in [0.2, 0.25) is 0 Å². The summed E-state index contributed by atoms with van der Waals surface area (Å²) in [5.74, 6) is 1.99. The van der Waals surface area contributed by atoms with Crippen LogP contribution in [0.3, 0.4) is 0 Å². The summed E-state index contributed by atoms with van der Waals surface area (Å²) in [4.78, 5) is 1.23. The summed E-state index contributed by atoms with van der Waals surface area (Å²) < 4.78 is 18.1. The maximum Gasteiger partial charge on any atom is 0.188 e. The third kappa shape index (κ3) is 3.20. The lowest BCUT2D eigenvalue weighted by Gasteiger charge is -2.16. The predicted molar refractivity (Wildman–Crippen MR) is 91.6 cm³/mol. The standard InChI is InChI=1S/C15H21IO3S/c1-9-10(2)14-15(11(3)13(9)18-8-17-4)20-12(19-14)6-5-7-16/h12H,5-8H2,1-4H3. The van der Waals surface area contributed by atoms with E-state index in [9.17, 15) is 0 Å². The monoisotopic (exact) mass is 408 g/mol. The lowest BCUT2D eigenvalue weighted by Crippen LogP contribution is -2.07. The minimum absolute atomic E-state index is 0.245. The molecule has 0 saturated heterocycles. The summed E-state index contributed by atoms with van der Waals surface area (Å²) >= 11 is 4.24. The van der Waals surface area contributed by atoms with E-state index in [0.29, 0.717) is 0 Å². The number of methoxy groups -OCH3 is 1. The van der Waals surface area contributed by atoms with Gasteiger partial charge in [-0.3, -0.25) is 0 Å². The van der Waals surface area contributed by atoms with E-state index in [2.05, 4.69) is 43.4 Å². The molecule has 0 saturated carbocycles.